The zero-order valence-electron chi connectivity index (χ0n) is 16.4. The Labute approximate surface area is 173 Å². The van der Waals surface area contributed by atoms with E-state index in [0.29, 0.717) is 35.8 Å². The number of methoxy groups -OCH3 is 1. The van der Waals surface area contributed by atoms with Crippen molar-refractivity contribution < 1.29 is 28.6 Å². The Hall–Kier alpha value is -3.06. The van der Waals surface area contributed by atoms with Crippen LogP contribution in [0.25, 0.3) is 0 Å². The van der Waals surface area contributed by atoms with Crippen LogP contribution in [0.5, 0.6) is 11.5 Å². The molecular formula is C21H22ClNO6. The van der Waals surface area contributed by atoms with E-state index >= 15 is 0 Å². The summed E-state index contributed by atoms with van der Waals surface area (Å²) in [7, 11) is 1.43. The lowest BCUT2D eigenvalue weighted by Gasteiger charge is -2.13. The Balaban J connectivity index is 2.02. The summed E-state index contributed by atoms with van der Waals surface area (Å²) in [6.07, 6.45) is 0.358. The fraction of sp³-hybridized carbons (Fsp3) is 0.286. The number of halogens is 1. The molecule has 0 saturated heterocycles. The van der Waals surface area contributed by atoms with Gasteiger partial charge in [0.1, 0.15) is 0 Å². The molecule has 7 nitrogen and oxygen atoms in total. The number of Topliss-reactive ketones (excluding diaryl/α,β-unsaturated/α-hetero) is 1. The molecular weight excluding hydrogens is 398 g/mol. The van der Waals surface area contributed by atoms with Crippen molar-refractivity contribution in [2.75, 3.05) is 25.6 Å². The van der Waals surface area contributed by atoms with Crippen molar-refractivity contribution in [3.8, 4) is 11.5 Å². The zero-order chi connectivity index (χ0) is 21.4. The Morgan fingerprint density at radius 3 is 2.31 bits per heavy atom. The molecule has 2 aromatic carbocycles. The fourth-order valence-electron chi connectivity index (χ4n) is 2.41. The summed E-state index contributed by atoms with van der Waals surface area (Å²) in [6, 6.07) is 9.16. The molecule has 0 bridgehead atoms. The first-order chi connectivity index (χ1) is 13.9. The summed E-state index contributed by atoms with van der Waals surface area (Å²) in [5.41, 5.74) is 1.08. The minimum absolute atomic E-state index is 0.123. The van der Waals surface area contributed by atoms with Gasteiger partial charge in [-0.2, -0.15) is 0 Å². The first kappa shape index (κ1) is 22.2. The molecule has 0 aliphatic rings. The minimum Gasteiger partial charge on any atom is -0.493 e. The summed E-state index contributed by atoms with van der Waals surface area (Å²) < 4.78 is 15.7. The zero-order valence-corrected chi connectivity index (χ0v) is 17.2. The summed E-state index contributed by atoms with van der Waals surface area (Å²) in [5.74, 6) is -0.589. The number of ketones is 1. The predicted octanol–water partition coefficient (Wildman–Crippen LogP) is 4.14. The Morgan fingerprint density at radius 2 is 1.72 bits per heavy atom. The molecule has 0 spiro atoms. The second kappa shape index (κ2) is 10.5. The van der Waals surface area contributed by atoms with Crippen LogP contribution < -0.4 is 14.8 Å². The van der Waals surface area contributed by atoms with E-state index in [1.807, 2.05) is 0 Å². The van der Waals surface area contributed by atoms with Crippen LogP contribution in [0.1, 0.15) is 41.0 Å². The molecule has 8 heteroatoms. The predicted molar refractivity (Wildman–Crippen MR) is 109 cm³/mol. The van der Waals surface area contributed by atoms with Crippen LogP contribution in [-0.2, 0) is 9.53 Å². The average Bonchev–Trinajstić information content (AvgIpc) is 2.73. The second-order valence-electron chi connectivity index (χ2n) is 5.90. The topological polar surface area (TPSA) is 90.9 Å². The highest BCUT2D eigenvalue weighted by molar-refractivity contribution is 6.32. The van der Waals surface area contributed by atoms with Crippen molar-refractivity contribution in [2.24, 2.45) is 0 Å². The van der Waals surface area contributed by atoms with Crippen molar-refractivity contribution in [3.05, 3.63) is 52.5 Å². The molecule has 0 unspecified atom stereocenters. The second-order valence-corrected chi connectivity index (χ2v) is 6.31. The number of benzene rings is 2. The van der Waals surface area contributed by atoms with Crippen LogP contribution in [0.4, 0.5) is 5.69 Å². The number of hydrogen-bond donors (Lipinski definition) is 1. The molecule has 1 amide bonds. The normalized spacial score (nSPS) is 10.2. The van der Waals surface area contributed by atoms with E-state index in [1.165, 1.54) is 19.2 Å². The van der Waals surface area contributed by atoms with Crippen LogP contribution in [0.15, 0.2) is 36.4 Å². The van der Waals surface area contributed by atoms with Gasteiger partial charge in [-0.25, -0.2) is 4.79 Å². The smallest absolute Gasteiger partial charge is 0.338 e. The molecule has 0 radical (unpaired) electrons. The molecule has 0 atom stereocenters. The van der Waals surface area contributed by atoms with Gasteiger partial charge in [-0.3, -0.25) is 9.59 Å². The molecule has 29 heavy (non-hydrogen) atoms. The molecule has 0 aromatic heterocycles. The number of amides is 1. The third-order valence-corrected chi connectivity index (χ3v) is 4.18. The summed E-state index contributed by atoms with van der Waals surface area (Å²) in [4.78, 5) is 35.9. The molecule has 2 rings (SSSR count). The van der Waals surface area contributed by atoms with Gasteiger partial charge in [-0.1, -0.05) is 18.5 Å². The lowest BCUT2D eigenvalue weighted by molar-refractivity contribution is -0.115. The van der Waals surface area contributed by atoms with Gasteiger partial charge in [0.15, 0.2) is 23.9 Å². The summed E-state index contributed by atoms with van der Waals surface area (Å²) >= 11 is 6.15. The van der Waals surface area contributed by atoms with Crippen LogP contribution in [-0.4, -0.2) is 38.0 Å². The lowest BCUT2D eigenvalue weighted by atomic mass is 10.1. The summed E-state index contributed by atoms with van der Waals surface area (Å²) in [6.45, 7) is 3.49. The Bertz CT molecular complexity index is 895. The van der Waals surface area contributed by atoms with Gasteiger partial charge in [-0.15, -0.1) is 0 Å². The van der Waals surface area contributed by atoms with E-state index in [2.05, 4.69) is 5.32 Å². The first-order valence-electron chi connectivity index (χ1n) is 9.00. The number of ether oxygens (including phenoxy) is 3. The van der Waals surface area contributed by atoms with E-state index < -0.39 is 12.6 Å². The monoisotopic (exact) mass is 419 g/mol. The largest absolute Gasteiger partial charge is 0.493 e. The third kappa shape index (κ3) is 5.96. The highest BCUT2D eigenvalue weighted by Gasteiger charge is 2.18. The lowest BCUT2D eigenvalue weighted by Crippen LogP contribution is -2.15. The van der Waals surface area contributed by atoms with E-state index in [0.717, 1.165) is 0 Å². The van der Waals surface area contributed by atoms with E-state index in [-0.39, 0.29) is 22.3 Å². The molecule has 154 valence electrons. The van der Waals surface area contributed by atoms with Crippen LogP contribution in [0.3, 0.4) is 0 Å². The van der Waals surface area contributed by atoms with Crippen molar-refractivity contribution in [3.63, 3.8) is 0 Å². The van der Waals surface area contributed by atoms with Gasteiger partial charge in [0, 0.05) is 17.7 Å². The minimum atomic E-state index is -0.714. The van der Waals surface area contributed by atoms with Crippen molar-refractivity contribution in [1.29, 1.82) is 0 Å². The van der Waals surface area contributed by atoms with Gasteiger partial charge >= 0.3 is 5.97 Å². The number of anilines is 1. The van der Waals surface area contributed by atoms with Gasteiger partial charge in [0.25, 0.3) is 0 Å². The van der Waals surface area contributed by atoms with E-state index in [1.54, 1.807) is 38.1 Å². The first-order valence-corrected chi connectivity index (χ1v) is 9.37. The molecule has 0 saturated carbocycles. The maximum atomic E-state index is 12.3. The molecule has 0 aliphatic heterocycles. The third-order valence-electron chi connectivity index (χ3n) is 3.90. The number of hydrogen-bond acceptors (Lipinski definition) is 6. The molecule has 0 fully saturated rings. The molecule has 2 aromatic rings. The number of carbonyl (C=O) groups excluding carboxylic acids is 3. The fourth-order valence-corrected chi connectivity index (χ4v) is 2.67. The number of esters is 1. The van der Waals surface area contributed by atoms with Gasteiger partial charge in [0.05, 0.1) is 24.3 Å². The molecule has 0 aliphatic carbocycles. The number of carbonyl (C=O) groups is 3. The van der Waals surface area contributed by atoms with Gasteiger partial charge < -0.3 is 19.5 Å². The maximum Gasteiger partial charge on any atom is 0.338 e. The van der Waals surface area contributed by atoms with Crippen LogP contribution in [0.2, 0.25) is 5.02 Å². The Morgan fingerprint density at radius 1 is 1.03 bits per heavy atom. The SMILES string of the molecule is CCOc1c(Cl)cc(C(=O)OCC(=O)c2ccc(NC(=O)CC)cc2)cc1OC. The van der Waals surface area contributed by atoms with Crippen molar-refractivity contribution in [1.82, 2.24) is 0 Å². The van der Waals surface area contributed by atoms with Gasteiger partial charge in [-0.05, 0) is 43.3 Å². The van der Waals surface area contributed by atoms with Crippen LogP contribution in [0, 0.1) is 0 Å². The van der Waals surface area contributed by atoms with E-state index in [9.17, 15) is 14.4 Å². The quantitative estimate of drug-likeness (QED) is 0.485. The molecule has 0 heterocycles. The highest BCUT2D eigenvalue weighted by atomic mass is 35.5. The van der Waals surface area contributed by atoms with Crippen LogP contribution >= 0.6 is 11.6 Å². The standard InChI is InChI=1S/C21H22ClNO6/c1-4-19(25)23-15-8-6-13(7-9-15)17(24)12-29-21(26)14-10-16(22)20(28-5-2)18(11-14)27-3/h6-11H,4-5,12H2,1-3H3,(H,23,25). The van der Waals surface area contributed by atoms with Crippen molar-refractivity contribution in [2.45, 2.75) is 20.3 Å². The van der Waals surface area contributed by atoms with E-state index in [4.69, 9.17) is 25.8 Å². The highest BCUT2D eigenvalue weighted by Crippen LogP contribution is 2.36. The number of rotatable bonds is 9. The number of nitrogens with one attached hydrogen (secondary N) is 1. The maximum absolute atomic E-state index is 12.3. The summed E-state index contributed by atoms with van der Waals surface area (Å²) in [5, 5.41) is 2.89. The van der Waals surface area contributed by atoms with Gasteiger partial charge in [0.2, 0.25) is 5.91 Å². The average molecular weight is 420 g/mol. The molecule has 1 N–H and O–H groups in total. The Kier molecular flexibility index (Phi) is 8.03. The van der Waals surface area contributed by atoms with Crippen molar-refractivity contribution >= 4 is 34.9 Å².